The fraction of sp³-hybridized carbons (Fsp3) is 0.0769. The van der Waals surface area contributed by atoms with Crippen LogP contribution in [0.5, 0.6) is 0 Å². The van der Waals surface area contributed by atoms with Crippen LogP contribution < -0.4 is 0 Å². The maximum Gasteiger partial charge on any atom is 0.0623 e. The van der Waals surface area contributed by atoms with Gasteiger partial charge in [-0.1, -0.05) is 178 Å². The molecule has 0 radical (unpaired) electrons. The average molecular weight is 696 g/mol. The summed E-state index contributed by atoms with van der Waals surface area (Å²) >= 11 is 1.92. The summed E-state index contributed by atoms with van der Waals surface area (Å²) in [6.07, 6.45) is 0. The van der Waals surface area contributed by atoms with E-state index in [0.29, 0.717) is 6.04 Å². The molecule has 0 N–H and O–H groups in total. The maximum atomic E-state index is 8.03. The lowest BCUT2D eigenvalue weighted by Crippen LogP contribution is -2.10. The number of benzene rings is 9. The molecule has 0 spiro atoms. The lowest BCUT2D eigenvalue weighted by atomic mass is 9.85. The van der Waals surface area contributed by atoms with Gasteiger partial charge in [0.1, 0.15) is 0 Å². The van der Waals surface area contributed by atoms with Gasteiger partial charge in [-0.25, -0.2) is 0 Å². The third kappa shape index (κ3) is 5.26. The number of rotatable bonds is 4. The van der Waals surface area contributed by atoms with Crippen molar-refractivity contribution in [3.05, 3.63) is 181 Å². The first-order valence-corrected chi connectivity index (χ1v) is 19.2. The summed E-state index contributed by atoms with van der Waals surface area (Å²) in [5.74, 6) is 0. The minimum absolute atomic E-state index is 0.0808. The van der Waals surface area contributed by atoms with Gasteiger partial charge in [-0.3, -0.25) is 0 Å². The second-order valence-electron chi connectivity index (χ2n) is 15.2. The van der Waals surface area contributed by atoms with Crippen molar-refractivity contribution in [3.63, 3.8) is 0 Å². The lowest BCUT2D eigenvalue weighted by Gasteiger charge is -2.19. The van der Waals surface area contributed by atoms with Crippen LogP contribution in [0.4, 0.5) is 0 Å². The molecule has 0 atom stereocenters. The fourth-order valence-electron chi connectivity index (χ4n) is 8.41. The summed E-state index contributed by atoms with van der Waals surface area (Å²) in [7, 11) is 0. The lowest BCUT2D eigenvalue weighted by molar-refractivity contribution is 0.597. The van der Waals surface area contributed by atoms with Crippen LogP contribution in [0.2, 0.25) is 0 Å². The molecule has 252 valence electrons. The molecule has 10 aromatic rings. The summed E-state index contributed by atoms with van der Waals surface area (Å²) in [5.41, 5.74) is 11.3. The van der Waals surface area contributed by atoms with Crippen molar-refractivity contribution in [1.29, 1.82) is 0 Å². The zero-order valence-electron chi connectivity index (χ0n) is 31.1. The summed E-state index contributed by atoms with van der Waals surface area (Å²) in [5, 5.41) is 9.94. The van der Waals surface area contributed by atoms with Gasteiger partial charge in [0.15, 0.2) is 0 Å². The van der Waals surface area contributed by atoms with Gasteiger partial charge in [-0.15, -0.1) is 11.3 Å². The van der Waals surface area contributed by atoms with E-state index in [-0.39, 0.29) is 5.41 Å². The molecular weight excluding hydrogens is 657 g/mol. The van der Waals surface area contributed by atoms with E-state index in [4.69, 9.17) is 1.37 Å². The van der Waals surface area contributed by atoms with Gasteiger partial charge in [-0.2, -0.15) is 0 Å². The first-order chi connectivity index (χ1) is 26.3. The molecule has 1 heteroatoms. The minimum Gasteiger partial charge on any atom is -0.135 e. The number of fused-ring (bicyclic) bond motifs is 6. The Bertz CT molecular complexity index is 3030. The van der Waals surface area contributed by atoms with E-state index in [0.717, 1.165) is 10.8 Å². The highest BCUT2D eigenvalue weighted by molar-refractivity contribution is 7.26. The van der Waals surface area contributed by atoms with Gasteiger partial charge in [0, 0.05) is 20.2 Å². The monoisotopic (exact) mass is 695 g/mol. The van der Waals surface area contributed by atoms with Crippen LogP contribution in [0, 0.1) is 0 Å². The van der Waals surface area contributed by atoms with Crippen molar-refractivity contribution in [1.82, 2.24) is 0 Å². The van der Waals surface area contributed by atoms with Crippen molar-refractivity contribution in [2.24, 2.45) is 0 Å². The Morgan fingerprint density at radius 1 is 0.434 bits per heavy atom. The van der Waals surface area contributed by atoms with Crippen molar-refractivity contribution in [3.8, 4) is 44.5 Å². The van der Waals surface area contributed by atoms with E-state index in [1.807, 2.05) is 29.5 Å². The predicted octanol–water partition coefficient (Wildman–Crippen LogP) is 15.5. The third-order valence-electron chi connectivity index (χ3n) is 10.9. The van der Waals surface area contributed by atoms with Gasteiger partial charge < -0.3 is 0 Å². The Labute approximate surface area is 316 Å². The first kappa shape index (κ1) is 30.6. The Kier molecular flexibility index (Phi) is 7.10. The van der Waals surface area contributed by atoms with Crippen molar-refractivity contribution < 1.29 is 1.37 Å². The highest BCUT2D eigenvalue weighted by atomic mass is 32.1. The molecule has 0 saturated carbocycles. The molecule has 1 aromatic heterocycles. The van der Waals surface area contributed by atoms with Crippen LogP contribution in [0.25, 0.3) is 97.0 Å². The second kappa shape index (κ2) is 12.3. The quantitative estimate of drug-likeness (QED) is 0.161. The molecule has 0 fully saturated rings. The molecule has 9 aromatic carbocycles. The van der Waals surface area contributed by atoms with E-state index in [1.54, 1.807) is 0 Å². The van der Waals surface area contributed by atoms with Crippen molar-refractivity contribution in [2.75, 3.05) is 0 Å². The van der Waals surface area contributed by atoms with Crippen LogP contribution in [0.15, 0.2) is 176 Å². The molecule has 0 aliphatic rings. The summed E-state index contributed by atoms with van der Waals surface area (Å²) in [6.45, 7) is 6.93. The molecule has 0 saturated heterocycles. The van der Waals surface area contributed by atoms with Crippen molar-refractivity contribution in [2.45, 2.75) is 26.2 Å². The van der Waals surface area contributed by atoms with E-state index < -0.39 is 0 Å². The Morgan fingerprint density at radius 2 is 1.02 bits per heavy atom. The standard InChI is InChI=1S/C52H38S/c1-52(2,3)46-23-11-22-45-50-40(21-12-24-47(50)53-51(45)46)34-26-28-35(29-27-34)48-41-17-6-8-19-43(41)49(44-20-9-7-18-42(44)48)39-16-10-15-37(32-39)38-30-25-33-13-4-5-14-36(33)31-38/h4-32H,1-3H3/i4D. The Hall–Kier alpha value is -6.02. The SMILES string of the molecule is [2H]c1ccc2cc(-c3cccc(-c4c5ccccc5c(-c5ccc(-c6cccc7sc8c(C(C)(C)C)cccc8c67)cc5)c5ccccc45)c3)ccc2c1. The average Bonchev–Trinajstić information content (AvgIpc) is 3.59. The summed E-state index contributed by atoms with van der Waals surface area (Å²) in [4.78, 5) is 0. The summed E-state index contributed by atoms with van der Waals surface area (Å²) in [6, 6.07) is 62.5. The molecule has 0 aliphatic carbocycles. The number of hydrogen-bond donors (Lipinski definition) is 0. The third-order valence-corrected chi connectivity index (χ3v) is 12.1. The molecular formula is C52H38S. The molecule has 0 amide bonds. The minimum atomic E-state index is 0.0808. The first-order valence-electron chi connectivity index (χ1n) is 18.9. The summed E-state index contributed by atoms with van der Waals surface area (Å²) < 4.78 is 10.8. The predicted molar refractivity (Wildman–Crippen MR) is 232 cm³/mol. The second-order valence-corrected chi connectivity index (χ2v) is 16.3. The maximum absolute atomic E-state index is 8.03. The van der Waals surface area contributed by atoms with Gasteiger partial charge in [0.25, 0.3) is 0 Å². The van der Waals surface area contributed by atoms with Gasteiger partial charge in [0.05, 0.1) is 1.37 Å². The van der Waals surface area contributed by atoms with Gasteiger partial charge >= 0.3 is 0 Å². The topological polar surface area (TPSA) is 0 Å². The van der Waals surface area contributed by atoms with Crippen LogP contribution in [0.3, 0.4) is 0 Å². The molecule has 10 rings (SSSR count). The van der Waals surface area contributed by atoms with Gasteiger partial charge in [-0.05, 0) is 106 Å². The number of thiophene rings is 1. The van der Waals surface area contributed by atoms with E-state index >= 15 is 0 Å². The highest BCUT2D eigenvalue weighted by Crippen LogP contribution is 2.46. The Balaban J connectivity index is 1.12. The molecule has 0 bridgehead atoms. The van der Waals surface area contributed by atoms with E-state index in [9.17, 15) is 0 Å². The zero-order chi connectivity index (χ0) is 36.6. The van der Waals surface area contributed by atoms with Crippen LogP contribution in [-0.4, -0.2) is 0 Å². The van der Waals surface area contributed by atoms with Gasteiger partial charge in [0.2, 0.25) is 0 Å². The fourth-order valence-corrected chi connectivity index (χ4v) is 9.86. The van der Waals surface area contributed by atoms with Crippen LogP contribution in [0.1, 0.15) is 27.7 Å². The largest absolute Gasteiger partial charge is 0.135 e. The molecule has 0 unspecified atom stereocenters. The molecule has 0 aliphatic heterocycles. The van der Waals surface area contributed by atoms with E-state index in [1.165, 1.54) is 91.8 Å². The van der Waals surface area contributed by atoms with Crippen LogP contribution in [-0.2, 0) is 5.41 Å². The van der Waals surface area contributed by atoms with Crippen molar-refractivity contribution >= 4 is 63.8 Å². The highest BCUT2D eigenvalue weighted by Gasteiger charge is 2.21. The number of hydrogen-bond acceptors (Lipinski definition) is 1. The molecule has 1 heterocycles. The normalized spacial score (nSPS) is 12.3. The van der Waals surface area contributed by atoms with Crippen LogP contribution >= 0.6 is 11.3 Å². The Morgan fingerprint density at radius 3 is 1.74 bits per heavy atom. The van der Waals surface area contributed by atoms with E-state index in [2.05, 4.69) is 172 Å². The smallest absolute Gasteiger partial charge is 0.0623 e. The zero-order valence-corrected chi connectivity index (χ0v) is 30.9. The molecule has 0 nitrogen and oxygen atoms in total. The molecule has 53 heavy (non-hydrogen) atoms.